The summed E-state index contributed by atoms with van der Waals surface area (Å²) in [5.41, 5.74) is 1.73. The molecule has 10 nitrogen and oxygen atoms in total. The third-order valence-electron chi connectivity index (χ3n) is 7.39. The van der Waals surface area contributed by atoms with Crippen LogP contribution in [0.4, 0.5) is 15.8 Å². The number of carbonyl (C=O) groups excluding carboxylic acids is 4. The summed E-state index contributed by atoms with van der Waals surface area (Å²) < 4.78 is 30.0. The molecule has 0 saturated carbocycles. The zero-order chi connectivity index (χ0) is 32.1. The molecule has 5 rings (SSSR count). The highest BCUT2D eigenvalue weighted by Gasteiger charge is 2.39. The van der Waals surface area contributed by atoms with Crippen molar-refractivity contribution < 1.29 is 37.8 Å². The summed E-state index contributed by atoms with van der Waals surface area (Å²) in [5, 5.41) is 2.86. The second kappa shape index (κ2) is 13.3. The van der Waals surface area contributed by atoms with E-state index in [2.05, 4.69) is 5.32 Å². The maximum atomic E-state index is 14.3. The molecule has 1 N–H and O–H groups in total. The van der Waals surface area contributed by atoms with Crippen LogP contribution in [0.25, 0.3) is 0 Å². The average Bonchev–Trinajstić information content (AvgIpc) is 3.30. The number of benzene rings is 4. The molecule has 0 aliphatic carbocycles. The van der Waals surface area contributed by atoms with Crippen molar-refractivity contribution in [1.29, 1.82) is 0 Å². The number of hydrogen-bond donors (Lipinski definition) is 1. The Kier molecular flexibility index (Phi) is 9.08. The maximum Gasteiger partial charge on any atom is 0.299 e. The Morgan fingerprint density at radius 1 is 0.844 bits per heavy atom. The Hall–Kier alpha value is -5.71. The molecule has 0 spiro atoms. The van der Waals surface area contributed by atoms with Crippen molar-refractivity contribution in [3.8, 4) is 17.2 Å². The van der Waals surface area contributed by atoms with Gasteiger partial charge in [-0.15, -0.1) is 0 Å². The summed E-state index contributed by atoms with van der Waals surface area (Å²) in [6.07, 6.45) is 0. The van der Waals surface area contributed by atoms with Crippen molar-refractivity contribution in [1.82, 2.24) is 4.90 Å². The van der Waals surface area contributed by atoms with E-state index in [1.54, 1.807) is 60.7 Å². The molecule has 0 bridgehead atoms. The van der Waals surface area contributed by atoms with Crippen molar-refractivity contribution in [2.45, 2.75) is 12.6 Å². The number of methoxy groups -OCH3 is 3. The first-order valence-electron chi connectivity index (χ1n) is 13.9. The van der Waals surface area contributed by atoms with E-state index >= 15 is 0 Å². The fourth-order valence-electron chi connectivity index (χ4n) is 5.13. The summed E-state index contributed by atoms with van der Waals surface area (Å²) >= 11 is 0. The molecule has 11 heteroatoms. The predicted molar refractivity (Wildman–Crippen MR) is 164 cm³/mol. The van der Waals surface area contributed by atoms with Gasteiger partial charge in [0.2, 0.25) is 5.91 Å². The minimum Gasteiger partial charge on any atom is -0.497 e. The van der Waals surface area contributed by atoms with Gasteiger partial charge in [-0.2, -0.15) is 0 Å². The predicted octanol–water partition coefficient (Wildman–Crippen LogP) is 4.79. The van der Waals surface area contributed by atoms with Gasteiger partial charge in [0, 0.05) is 12.6 Å². The van der Waals surface area contributed by atoms with E-state index < -0.39 is 41.9 Å². The van der Waals surface area contributed by atoms with Crippen LogP contribution in [-0.4, -0.2) is 56.3 Å². The van der Waals surface area contributed by atoms with Crippen LogP contribution >= 0.6 is 0 Å². The molecular formula is C34H30FN3O7. The van der Waals surface area contributed by atoms with Crippen molar-refractivity contribution in [3.05, 3.63) is 114 Å². The number of hydrogen-bond acceptors (Lipinski definition) is 7. The van der Waals surface area contributed by atoms with Crippen LogP contribution < -0.4 is 24.4 Å². The molecule has 1 heterocycles. The monoisotopic (exact) mass is 611 g/mol. The highest BCUT2D eigenvalue weighted by molar-refractivity contribution is 6.52. The number of nitrogens with one attached hydrogen (secondary N) is 1. The smallest absolute Gasteiger partial charge is 0.299 e. The summed E-state index contributed by atoms with van der Waals surface area (Å²) in [6.45, 7) is -0.659. The van der Waals surface area contributed by atoms with Crippen LogP contribution in [0.1, 0.15) is 27.5 Å². The van der Waals surface area contributed by atoms with Crippen LogP contribution in [0.2, 0.25) is 0 Å². The van der Waals surface area contributed by atoms with Crippen molar-refractivity contribution in [3.63, 3.8) is 0 Å². The van der Waals surface area contributed by atoms with Gasteiger partial charge in [0.25, 0.3) is 17.6 Å². The van der Waals surface area contributed by atoms with Crippen LogP contribution in [0, 0.1) is 5.82 Å². The molecule has 230 valence electrons. The van der Waals surface area contributed by atoms with E-state index in [-0.39, 0.29) is 12.1 Å². The number of rotatable bonds is 11. The van der Waals surface area contributed by atoms with Crippen LogP contribution in [-0.2, 0) is 20.9 Å². The topological polar surface area (TPSA) is 114 Å². The van der Waals surface area contributed by atoms with E-state index in [0.29, 0.717) is 39.8 Å². The van der Waals surface area contributed by atoms with E-state index in [1.807, 2.05) is 0 Å². The number of anilines is 2. The third kappa shape index (κ3) is 6.47. The van der Waals surface area contributed by atoms with Gasteiger partial charge in [0.15, 0.2) is 0 Å². The molecule has 1 aliphatic heterocycles. The van der Waals surface area contributed by atoms with Gasteiger partial charge in [0.1, 0.15) is 35.7 Å². The number of ketones is 1. The molecular weight excluding hydrogens is 581 g/mol. The Labute approximate surface area is 258 Å². The van der Waals surface area contributed by atoms with E-state index in [0.717, 1.165) is 4.90 Å². The van der Waals surface area contributed by atoms with Gasteiger partial charge in [-0.1, -0.05) is 36.4 Å². The lowest BCUT2D eigenvalue weighted by Crippen LogP contribution is -2.46. The van der Waals surface area contributed by atoms with Crippen LogP contribution in [0.3, 0.4) is 0 Å². The molecule has 0 fully saturated rings. The van der Waals surface area contributed by atoms with Crippen LogP contribution in [0.5, 0.6) is 17.2 Å². The fourth-order valence-corrected chi connectivity index (χ4v) is 5.13. The van der Waals surface area contributed by atoms with Gasteiger partial charge in [-0.05, 0) is 59.7 Å². The Morgan fingerprint density at radius 3 is 2.27 bits per heavy atom. The summed E-state index contributed by atoms with van der Waals surface area (Å²) in [5.74, 6) is -2.02. The standard InChI is InChI=1S/C34H30FN3O7/c1-43-24-8-6-7-22(17-24)31(33(41)36-27-16-15-25(44-2)18-29(27)45-3)38(19-21-11-13-23(35)14-12-21)30(39)20-37-28-10-5-4-9-26(28)32(40)34(37)42/h4-18,31H,19-20H2,1-3H3,(H,36,41). The number of amides is 3. The van der Waals surface area contributed by atoms with Gasteiger partial charge in [-0.3, -0.25) is 24.1 Å². The highest BCUT2D eigenvalue weighted by atomic mass is 19.1. The summed E-state index contributed by atoms with van der Waals surface area (Å²) in [6, 6.07) is 22.2. The first-order chi connectivity index (χ1) is 21.7. The van der Waals surface area contributed by atoms with E-state index in [9.17, 15) is 23.6 Å². The molecule has 4 aromatic rings. The second-order valence-corrected chi connectivity index (χ2v) is 10.1. The molecule has 45 heavy (non-hydrogen) atoms. The Morgan fingerprint density at radius 2 is 1.56 bits per heavy atom. The molecule has 3 amide bonds. The summed E-state index contributed by atoms with van der Waals surface area (Å²) in [7, 11) is 4.42. The quantitative estimate of drug-likeness (QED) is 0.243. The lowest BCUT2D eigenvalue weighted by atomic mass is 10.0. The molecule has 4 aromatic carbocycles. The Balaban J connectivity index is 1.58. The largest absolute Gasteiger partial charge is 0.497 e. The third-order valence-corrected chi connectivity index (χ3v) is 7.39. The molecule has 0 saturated heterocycles. The second-order valence-electron chi connectivity index (χ2n) is 10.1. The zero-order valence-electron chi connectivity index (χ0n) is 24.8. The molecule has 0 radical (unpaired) electrons. The number of Topliss-reactive ketones (excluding diaryl/α,β-unsaturated/α-hetero) is 1. The van der Waals surface area contributed by atoms with E-state index in [1.165, 1.54) is 56.6 Å². The van der Waals surface area contributed by atoms with Gasteiger partial charge < -0.3 is 24.4 Å². The normalized spacial score (nSPS) is 12.8. The number of halogens is 1. The lowest BCUT2D eigenvalue weighted by Gasteiger charge is -2.33. The van der Waals surface area contributed by atoms with E-state index in [4.69, 9.17) is 14.2 Å². The number of para-hydroxylation sites is 1. The zero-order valence-corrected chi connectivity index (χ0v) is 24.8. The highest BCUT2D eigenvalue weighted by Crippen LogP contribution is 2.34. The molecule has 1 aliphatic rings. The first-order valence-corrected chi connectivity index (χ1v) is 13.9. The molecule has 0 aromatic heterocycles. The van der Waals surface area contributed by atoms with Gasteiger partial charge in [0.05, 0.1) is 38.3 Å². The van der Waals surface area contributed by atoms with Crippen molar-refractivity contribution in [2.75, 3.05) is 38.1 Å². The SMILES string of the molecule is COc1cccc(C(C(=O)Nc2ccc(OC)cc2OC)N(Cc2ccc(F)cc2)C(=O)CN2C(=O)C(=O)c3ccccc32)c1. The van der Waals surface area contributed by atoms with Crippen molar-refractivity contribution in [2.24, 2.45) is 0 Å². The number of ether oxygens (including phenoxy) is 3. The minimum atomic E-state index is -1.27. The Bertz CT molecular complexity index is 1760. The van der Waals surface area contributed by atoms with Crippen LogP contribution in [0.15, 0.2) is 91.0 Å². The lowest BCUT2D eigenvalue weighted by molar-refractivity contribution is -0.139. The number of nitrogens with zero attached hydrogens (tertiary/aromatic N) is 2. The van der Waals surface area contributed by atoms with Crippen molar-refractivity contribution >= 4 is 34.9 Å². The van der Waals surface area contributed by atoms with Gasteiger partial charge >= 0.3 is 0 Å². The number of fused-ring (bicyclic) bond motifs is 1. The first kappa shape index (κ1) is 30.7. The van der Waals surface area contributed by atoms with Gasteiger partial charge in [-0.25, -0.2) is 4.39 Å². The molecule has 1 atom stereocenters. The number of carbonyl (C=O) groups is 4. The summed E-state index contributed by atoms with van der Waals surface area (Å²) in [4.78, 5) is 56.6. The minimum absolute atomic E-state index is 0.133. The average molecular weight is 612 g/mol. The molecule has 1 unspecified atom stereocenters. The fraction of sp³-hybridized carbons (Fsp3) is 0.176. The maximum absolute atomic E-state index is 14.3.